The van der Waals surface area contributed by atoms with E-state index < -0.39 is 11.7 Å². The Bertz CT molecular complexity index is 1750. The minimum absolute atomic E-state index is 0.123. The fourth-order valence-corrected chi connectivity index (χ4v) is 5.00. The zero-order chi connectivity index (χ0) is 28.9. The molecule has 41 heavy (non-hydrogen) atoms. The number of likely N-dealkylation sites (tertiary alicyclic amines) is 1. The molecule has 0 unspecified atom stereocenters. The maximum absolute atomic E-state index is 13.7. The van der Waals surface area contributed by atoms with Crippen molar-refractivity contribution in [2.24, 2.45) is 7.05 Å². The van der Waals surface area contributed by atoms with Crippen molar-refractivity contribution in [2.45, 2.75) is 18.7 Å². The van der Waals surface area contributed by atoms with Crippen LogP contribution in [0.4, 0.5) is 30.6 Å². The van der Waals surface area contributed by atoms with E-state index in [-0.39, 0.29) is 39.9 Å². The van der Waals surface area contributed by atoms with Crippen molar-refractivity contribution in [2.75, 3.05) is 37.8 Å². The van der Waals surface area contributed by atoms with E-state index in [1.807, 2.05) is 7.05 Å². The Hall–Kier alpha value is -4.30. The van der Waals surface area contributed by atoms with Gasteiger partial charge in [0.2, 0.25) is 5.95 Å². The molecule has 0 bridgehead atoms. The van der Waals surface area contributed by atoms with Crippen LogP contribution in [0.15, 0.2) is 43.0 Å². The first-order chi connectivity index (χ1) is 19.6. The van der Waals surface area contributed by atoms with Crippen LogP contribution in [0, 0.1) is 0 Å². The average molecular weight is 588 g/mol. The van der Waals surface area contributed by atoms with Gasteiger partial charge in [0.25, 0.3) is 0 Å². The molecule has 0 radical (unpaired) electrons. The fraction of sp³-hybridized carbons (Fsp3) is 0.308. The number of benzene rings is 1. The molecule has 6 rings (SSSR count). The number of hydrogen-bond donors (Lipinski definition) is 2. The number of pyridine rings is 1. The van der Waals surface area contributed by atoms with Gasteiger partial charge in [0.1, 0.15) is 33.7 Å². The van der Waals surface area contributed by atoms with Crippen LogP contribution in [0.25, 0.3) is 16.7 Å². The van der Waals surface area contributed by atoms with Crippen LogP contribution in [0.5, 0.6) is 17.2 Å². The van der Waals surface area contributed by atoms with Gasteiger partial charge in [0.05, 0.1) is 30.4 Å². The van der Waals surface area contributed by atoms with E-state index in [1.54, 1.807) is 35.6 Å². The highest BCUT2D eigenvalue weighted by Gasteiger charge is 2.32. The molecule has 214 valence electrons. The van der Waals surface area contributed by atoms with Crippen LogP contribution in [0.2, 0.25) is 5.02 Å². The third-order valence-electron chi connectivity index (χ3n) is 6.79. The van der Waals surface area contributed by atoms with Crippen LogP contribution in [0.1, 0.15) is 12.0 Å². The van der Waals surface area contributed by atoms with Crippen molar-refractivity contribution < 1.29 is 22.6 Å². The minimum atomic E-state index is -4.56. The second kappa shape index (κ2) is 10.3. The van der Waals surface area contributed by atoms with E-state index in [4.69, 9.17) is 21.1 Å². The number of fused-ring (bicyclic) bond motifs is 2. The molecular formula is C26H25ClF3N9O2. The number of likely N-dealkylation sites (N-methyl/N-ethyl adjacent to an activating group) is 1. The number of aromatic nitrogens is 6. The van der Waals surface area contributed by atoms with Crippen molar-refractivity contribution >= 4 is 45.7 Å². The number of imidazole rings is 1. The van der Waals surface area contributed by atoms with Crippen molar-refractivity contribution in [3.05, 3.63) is 53.6 Å². The largest absolute Gasteiger partial charge is 0.489 e. The molecule has 1 atom stereocenters. The number of anilines is 3. The molecule has 15 heteroatoms. The van der Waals surface area contributed by atoms with Crippen LogP contribution < -0.4 is 20.1 Å². The molecule has 11 nitrogen and oxygen atoms in total. The van der Waals surface area contributed by atoms with E-state index in [9.17, 15) is 13.2 Å². The number of nitrogens with one attached hydrogen (secondary N) is 2. The fourth-order valence-electron chi connectivity index (χ4n) is 4.70. The summed E-state index contributed by atoms with van der Waals surface area (Å²) in [7, 11) is 5.37. The monoisotopic (exact) mass is 587 g/mol. The summed E-state index contributed by atoms with van der Waals surface area (Å²) in [5.41, 5.74) is 0.645. The standard InChI is InChI=1S/C26H25ClF3N9O2/c1-31-21-13-39-18(9-32-21)19(11-34-39)41-20-10-33-24-23(22(20)27)38(3)25(36-24)35-15-6-14(26(28,29)30)7-17(8-15)40-16-4-5-37(2)12-16/h6-11,13,16,31H,4-5,12H2,1-3H3,(H,33,35,36)/t16-/m1/s1. The summed E-state index contributed by atoms with van der Waals surface area (Å²) in [5.74, 6) is 1.65. The Balaban J connectivity index is 1.31. The van der Waals surface area contributed by atoms with Crippen molar-refractivity contribution in [1.82, 2.24) is 34.0 Å². The predicted molar refractivity (Wildman–Crippen MR) is 147 cm³/mol. The first-order valence-electron chi connectivity index (χ1n) is 12.6. The van der Waals surface area contributed by atoms with Crippen LogP contribution in [-0.4, -0.2) is 67.3 Å². The number of aryl methyl sites for hydroxylation is 1. The van der Waals surface area contributed by atoms with Crippen molar-refractivity contribution in [1.29, 1.82) is 0 Å². The van der Waals surface area contributed by atoms with Gasteiger partial charge in [-0.05, 0) is 25.6 Å². The average Bonchev–Trinajstić information content (AvgIpc) is 3.62. The third-order valence-corrected chi connectivity index (χ3v) is 7.16. The van der Waals surface area contributed by atoms with Crippen LogP contribution in [0.3, 0.4) is 0 Å². The third kappa shape index (κ3) is 5.27. The molecule has 5 heterocycles. The summed E-state index contributed by atoms with van der Waals surface area (Å²) in [4.78, 5) is 15.2. The molecule has 0 aliphatic carbocycles. The van der Waals surface area contributed by atoms with E-state index in [0.717, 1.165) is 25.1 Å². The molecule has 0 saturated carbocycles. The Kier molecular flexibility index (Phi) is 6.74. The maximum Gasteiger partial charge on any atom is 0.416 e. The summed E-state index contributed by atoms with van der Waals surface area (Å²) in [6, 6.07) is 3.54. The first-order valence-corrected chi connectivity index (χ1v) is 13.0. The van der Waals surface area contributed by atoms with Gasteiger partial charge in [0, 0.05) is 38.9 Å². The number of alkyl halides is 3. The summed E-state index contributed by atoms with van der Waals surface area (Å²) < 4.78 is 56.3. The van der Waals surface area contributed by atoms with Gasteiger partial charge in [-0.2, -0.15) is 23.3 Å². The number of hydrogen-bond acceptors (Lipinski definition) is 9. The molecule has 1 aliphatic rings. The molecule has 1 fully saturated rings. The second-order valence-corrected chi connectivity index (χ2v) is 10.1. The lowest BCUT2D eigenvalue weighted by Crippen LogP contribution is -2.21. The maximum atomic E-state index is 13.7. The highest BCUT2D eigenvalue weighted by atomic mass is 35.5. The summed E-state index contributed by atoms with van der Waals surface area (Å²) in [5, 5.41) is 10.4. The number of halogens is 4. The molecule has 5 aromatic rings. The van der Waals surface area contributed by atoms with Crippen molar-refractivity contribution in [3.63, 3.8) is 0 Å². The summed E-state index contributed by atoms with van der Waals surface area (Å²) >= 11 is 6.72. The lowest BCUT2D eigenvalue weighted by molar-refractivity contribution is -0.137. The Labute approximate surface area is 236 Å². The predicted octanol–water partition coefficient (Wildman–Crippen LogP) is 5.34. The van der Waals surface area contributed by atoms with Crippen LogP contribution in [-0.2, 0) is 13.2 Å². The van der Waals surface area contributed by atoms with Gasteiger partial charge < -0.3 is 29.6 Å². The number of nitrogens with zero attached hydrogens (tertiary/aromatic N) is 7. The second-order valence-electron chi connectivity index (χ2n) is 9.73. The normalized spacial score (nSPS) is 16.0. The van der Waals surface area contributed by atoms with Gasteiger partial charge in [-0.15, -0.1) is 0 Å². The van der Waals surface area contributed by atoms with Crippen LogP contribution >= 0.6 is 11.6 Å². The van der Waals surface area contributed by atoms with Gasteiger partial charge in [-0.1, -0.05) is 11.6 Å². The number of rotatable bonds is 7. The summed E-state index contributed by atoms with van der Waals surface area (Å²) in [6.07, 6.45) is 2.26. The molecule has 1 saturated heterocycles. The molecule has 0 amide bonds. The van der Waals surface area contributed by atoms with E-state index >= 15 is 0 Å². The first kappa shape index (κ1) is 26.9. The molecule has 0 spiro atoms. The molecule has 1 aliphatic heterocycles. The molecule has 2 N–H and O–H groups in total. The van der Waals surface area contributed by atoms with E-state index in [1.165, 1.54) is 18.5 Å². The number of ether oxygens (including phenoxy) is 2. The zero-order valence-corrected chi connectivity index (χ0v) is 23.0. The Morgan fingerprint density at radius 2 is 1.90 bits per heavy atom. The lowest BCUT2D eigenvalue weighted by Gasteiger charge is -2.17. The minimum Gasteiger partial charge on any atom is -0.489 e. The Morgan fingerprint density at radius 1 is 1.07 bits per heavy atom. The summed E-state index contributed by atoms with van der Waals surface area (Å²) in [6.45, 7) is 1.46. The molecular weight excluding hydrogens is 563 g/mol. The van der Waals surface area contributed by atoms with Gasteiger partial charge >= 0.3 is 6.18 Å². The quantitative estimate of drug-likeness (QED) is 0.261. The van der Waals surface area contributed by atoms with E-state index in [0.29, 0.717) is 29.1 Å². The Morgan fingerprint density at radius 3 is 2.63 bits per heavy atom. The smallest absolute Gasteiger partial charge is 0.416 e. The molecule has 1 aromatic carbocycles. The SMILES string of the molecule is CNc1cn2ncc(Oc3cnc4nc(Nc5cc(O[C@@H]6CCN(C)C6)cc(C(F)(F)F)c5)n(C)c4c3Cl)c2cn1. The van der Waals surface area contributed by atoms with Gasteiger partial charge in [-0.3, -0.25) is 0 Å². The highest BCUT2D eigenvalue weighted by molar-refractivity contribution is 6.36. The van der Waals surface area contributed by atoms with E-state index in [2.05, 4.69) is 35.6 Å². The molecule has 4 aromatic heterocycles. The van der Waals surface area contributed by atoms with Gasteiger partial charge in [-0.25, -0.2) is 14.5 Å². The van der Waals surface area contributed by atoms with Gasteiger partial charge in [0.15, 0.2) is 17.1 Å². The lowest BCUT2D eigenvalue weighted by atomic mass is 10.1. The van der Waals surface area contributed by atoms with Crippen molar-refractivity contribution in [3.8, 4) is 17.2 Å². The topological polar surface area (TPSA) is 107 Å². The zero-order valence-electron chi connectivity index (χ0n) is 22.2. The highest BCUT2D eigenvalue weighted by Crippen LogP contribution is 2.38.